The average Bonchev–Trinajstić information content (AvgIpc) is 1.80. The molecule has 0 aliphatic carbocycles. The van der Waals surface area contributed by atoms with Crippen molar-refractivity contribution < 1.29 is 13.9 Å². The first kappa shape index (κ1) is 8.66. The summed E-state index contributed by atoms with van der Waals surface area (Å²) in [6.07, 6.45) is 0.580. The van der Waals surface area contributed by atoms with Crippen LogP contribution in [0.5, 0.6) is 0 Å². The SMILES string of the molecule is C[PH](=O)OCCNC=O. The molecule has 0 spiro atoms. The van der Waals surface area contributed by atoms with Gasteiger partial charge in [-0.05, 0) is 0 Å². The highest BCUT2D eigenvalue weighted by molar-refractivity contribution is 7.38. The molecule has 0 saturated heterocycles. The second-order valence-electron chi connectivity index (χ2n) is 1.41. The van der Waals surface area contributed by atoms with Crippen LogP contribution in [0.15, 0.2) is 0 Å². The maximum atomic E-state index is 10.3. The summed E-state index contributed by atoms with van der Waals surface area (Å²) in [7, 11) is -1.82. The first-order valence-electron chi connectivity index (χ1n) is 2.57. The first-order chi connectivity index (χ1) is 4.27. The highest BCUT2D eigenvalue weighted by Crippen LogP contribution is 2.13. The fraction of sp³-hybridized carbons (Fsp3) is 0.750. The van der Waals surface area contributed by atoms with Crippen molar-refractivity contribution in [2.45, 2.75) is 0 Å². The summed E-state index contributed by atoms with van der Waals surface area (Å²) in [6.45, 7) is 2.26. The van der Waals surface area contributed by atoms with Gasteiger partial charge in [0.25, 0.3) is 0 Å². The van der Waals surface area contributed by atoms with Crippen LogP contribution in [-0.4, -0.2) is 26.2 Å². The molecule has 0 aromatic rings. The third-order valence-electron chi connectivity index (χ3n) is 0.635. The molecule has 1 atom stereocenters. The predicted molar refractivity (Wildman–Crippen MR) is 34.9 cm³/mol. The topological polar surface area (TPSA) is 55.4 Å². The van der Waals surface area contributed by atoms with Crippen molar-refractivity contribution in [2.75, 3.05) is 19.8 Å². The van der Waals surface area contributed by atoms with Gasteiger partial charge in [-0.2, -0.15) is 0 Å². The predicted octanol–water partition coefficient (Wildman–Crippen LogP) is -0.147. The van der Waals surface area contributed by atoms with Crippen LogP contribution >= 0.6 is 8.03 Å². The van der Waals surface area contributed by atoms with Gasteiger partial charge < -0.3 is 9.84 Å². The van der Waals surface area contributed by atoms with Crippen molar-refractivity contribution in [1.82, 2.24) is 5.32 Å². The van der Waals surface area contributed by atoms with Crippen LogP contribution in [0.1, 0.15) is 0 Å². The van der Waals surface area contributed by atoms with Gasteiger partial charge in [0.2, 0.25) is 6.41 Å². The molecular formula is C4H10NO3P. The lowest BCUT2D eigenvalue weighted by molar-refractivity contribution is -0.109. The van der Waals surface area contributed by atoms with Gasteiger partial charge in [0.15, 0.2) is 8.03 Å². The van der Waals surface area contributed by atoms with Gasteiger partial charge in [-0.25, -0.2) is 0 Å². The normalized spacial score (nSPS) is 12.6. The average molecular weight is 151 g/mol. The van der Waals surface area contributed by atoms with Gasteiger partial charge in [-0.3, -0.25) is 9.36 Å². The Balaban J connectivity index is 2.91. The summed E-state index contributed by atoms with van der Waals surface area (Å²) in [5.74, 6) is 0. The van der Waals surface area contributed by atoms with Crippen LogP contribution in [0.3, 0.4) is 0 Å². The van der Waals surface area contributed by atoms with Crippen molar-refractivity contribution in [1.29, 1.82) is 0 Å². The molecular weight excluding hydrogens is 141 g/mol. The molecule has 0 rings (SSSR count). The van der Waals surface area contributed by atoms with Crippen LogP contribution in [0.2, 0.25) is 0 Å². The lowest BCUT2D eigenvalue weighted by atomic mass is 10.7. The fourth-order valence-electron chi connectivity index (χ4n) is 0.313. The molecule has 0 heterocycles. The Morgan fingerprint density at radius 2 is 2.44 bits per heavy atom. The van der Waals surface area contributed by atoms with E-state index in [1.807, 2.05) is 0 Å². The minimum atomic E-state index is -1.82. The van der Waals surface area contributed by atoms with E-state index in [0.717, 1.165) is 0 Å². The molecule has 0 aromatic heterocycles. The fourth-order valence-corrected chi connectivity index (χ4v) is 0.702. The number of hydrogen-bond donors (Lipinski definition) is 1. The summed E-state index contributed by atoms with van der Waals surface area (Å²) >= 11 is 0. The first-order valence-corrected chi connectivity index (χ1v) is 4.39. The van der Waals surface area contributed by atoms with E-state index in [4.69, 9.17) is 0 Å². The number of nitrogens with one attached hydrogen (secondary N) is 1. The van der Waals surface area contributed by atoms with Crippen molar-refractivity contribution in [3.05, 3.63) is 0 Å². The van der Waals surface area contributed by atoms with Crippen LogP contribution in [0.25, 0.3) is 0 Å². The van der Waals surface area contributed by atoms with Crippen LogP contribution in [-0.2, 0) is 13.9 Å². The van der Waals surface area contributed by atoms with E-state index in [9.17, 15) is 9.36 Å². The molecule has 1 amide bonds. The van der Waals surface area contributed by atoms with Crippen molar-refractivity contribution in [2.24, 2.45) is 0 Å². The molecule has 4 nitrogen and oxygen atoms in total. The third kappa shape index (κ3) is 7.66. The van der Waals surface area contributed by atoms with Crippen molar-refractivity contribution in [3.63, 3.8) is 0 Å². The van der Waals surface area contributed by atoms with E-state index < -0.39 is 8.03 Å². The van der Waals surface area contributed by atoms with E-state index in [2.05, 4.69) is 9.84 Å². The van der Waals surface area contributed by atoms with E-state index in [0.29, 0.717) is 19.6 Å². The van der Waals surface area contributed by atoms with Gasteiger partial charge in [-0.15, -0.1) is 0 Å². The van der Waals surface area contributed by atoms with Crippen LogP contribution < -0.4 is 5.32 Å². The lowest BCUT2D eigenvalue weighted by Gasteiger charge is -1.97. The standard InChI is InChI=1S/C4H10NO3P/c1-9(7)8-3-2-5-4-6/h4,9H,2-3H2,1H3,(H,5,6). The maximum absolute atomic E-state index is 10.3. The zero-order chi connectivity index (χ0) is 7.11. The molecule has 1 N–H and O–H groups in total. The molecule has 0 aromatic carbocycles. The monoisotopic (exact) mass is 151 g/mol. The summed E-state index contributed by atoms with van der Waals surface area (Å²) in [4.78, 5) is 9.61. The largest absolute Gasteiger partial charge is 0.356 e. The molecule has 54 valence electrons. The zero-order valence-corrected chi connectivity index (χ0v) is 6.22. The molecule has 9 heavy (non-hydrogen) atoms. The molecule has 5 heteroatoms. The smallest absolute Gasteiger partial charge is 0.207 e. The summed E-state index contributed by atoms with van der Waals surface area (Å²) < 4.78 is 14.9. The van der Waals surface area contributed by atoms with Gasteiger partial charge in [-0.1, -0.05) is 0 Å². The highest BCUT2D eigenvalue weighted by Gasteiger charge is 1.87. The van der Waals surface area contributed by atoms with Gasteiger partial charge >= 0.3 is 0 Å². The van der Waals surface area contributed by atoms with E-state index in [1.54, 1.807) is 0 Å². The molecule has 0 fully saturated rings. The number of hydrogen-bond acceptors (Lipinski definition) is 3. The Morgan fingerprint density at radius 3 is 2.89 bits per heavy atom. The van der Waals surface area contributed by atoms with Gasteiger partial charge in [0.05, 0.1) is 6.61 Å². The second kappa shape index (κ2) is 5.79. The summed E-state index contributed by atoms with van der Waals surface area (Å²) in [5.41, 5.74) is 0. The molecule has 0 aliphatic heterocycles. The van der Waals surface area contributed by atoms with Crippen molar-refractivity contribution in [3.8, 4) is 0 Å². The van der Waals surface area contributed by atoms with E-state index in [1.165, 1.54) is 6.66 Å². The third-order valence-corrected chi connectivity index (χ3v) is 1.25. The Morgan fingerprint density at radius 1 is 1.78 bits per heavy atom. The second-order valence-corrected chi connectivity index (χ2v) is 2.68. The molecule has 0 saturated carbocycles. The Labute approximate surface area is 54.5 Å². The van der Waals surface area contributed by atoms with Crippen LogP contribution in [0.4, 0.5) is 0 Å². The number of carbonyl (C=O) groups is 1. The van der Waals surface area contributed by atoms with E-state index in [-0.39, 0.29) is 0 Å². The Kier molecular flexibility index (Phi) is 5.57. The number of amides is 1. The maximum Gasteiger partial charge on any atom is 0.207 e. The molecule has 1 unspecified atom stereocenters. The Hall–Kier alpha value is -0.340. The number of carbonyl (C=O) groups excluding carboxylic acids is 1. The van der Waals surface area contributed by atoms with Gasteiger partial charge in [0, 0.05) is 13.2 Å². The minimum absolute atomic E-state index is 0.326. The van der Waals surface area contributed by atoms with Gasteiger partial charge in [0.1, 0.15) is 0 Å². The van der Waals surface area contributed by atoms with Crippen molar-refractivity contribution >= 4 is 14.4 Å². The summed E-state index contributed by atoms with van der Waals surface area (Å²) in [6, 6.07) is 0. The van der Waals surface area contributed by atoms with Crippen LogP contribution in [0, 0.1) is 0 Å². The minimum Gasteiger partial charge on any atom is -0.356 e. The molecule has 0 aliphatic rings. The highest BCUT2D eigenvalue weighted by atomic mass is 31.1. The Bertz CT molecular complexity index is 106. The quantitative estimate of drug-likeness (QED) is 0.338. The summed E-state index contributed by atoms with van der Waals surface area (Å²) in [5, 5.41) is 2.38. The van der Waals surface area contributed by atoms with E-state index >= 15 is 0 Å². The zero-order valence-electron chi connectivity index (χ0n) is 5.22. The lowest BCUT2D eigenvalue weighted by Crippen LogP contribution is -2.15. The molecule has 0 radical (unpaired) electrons. The molecule has 0 bridgehead atoms. The number of rotatable bonds is 5.